The average molecular weight is 301 g/mol. The minimum atomic E-state index is -3.65. The molecule has 1 rings (SSSR count). The number of hydrogen-bond acceptors (Lipinski definition) is 4. The normalized spacial score (nSPS) is 12.8. The third kappa shape index (κ3) is 3.31. The van der Waals surface area contributed by atoms with Crippen molar-refractivity contribution >= 4 is 10.0 Å². The van der Waals surface area contributed by atoms with Crippen LogP contribution in [0.2, 0.25) is 0 Å². The Morgan fingerprint density at radius 1 is 1.35 bits per heavy atom. The maximum atomic E-state index is 12.5. The minimum Gasteiger partial charge on any atom is -0.494 e. The van der Waals surface area contributed by atoms with Crippen LogP contribution in [-0.4, -0.2) is 43.6 Å². The van der Waals surface area contributed by atoms with E-state index in [0.717, 1.165) is 5.56 Å². The van der Waals surface area contributed by atoms with Crippen LogP contribution in [0.15, 0.2) is 23.1 Å². The van der Waals surface area contributed by atoms with Crippen LogP contribution >= 0.6 is 0 Å². The van der Waals surface area contributed by atoms with Crippen molar-refractivity contribution in [2.24, 2.45) is 0 Å². The number of benzene rings is 1. The number of hydrogen-bond donors (Lipinski definition) is 1. The van der Waals surface area contributed by atoms with Crippen LogP contribution in [0.3, 0.4) is 0 Å². The molecule has 0 unspecified atom stereocenters. The molecule has 0 saturated heterocycles. The molecule has 0 saturated carbocycles. The van der Waals surface area contributed by atoms with Crippen LogP contribution < -0.4 is 4.74 Å². The molecule has 5 nitrogen and oxygen atoms in total. The van der Waals surface area contributed by atoms with Crippen molar-refractivity contribution in [3.63, 3.8) is 0 Å². The van der Waals surface area contributed by atoms with Gasteiger partial charge in [0.1, 0.15) is 5.75 Å². The summed E-state index contributed by atoms with van der Waals surface area (Å²) in [6, 6.07) is 4.77. The van der Waals surface area contributed by atoms with E-state index in [-0.39, 0.29) is 11.5 Å². The lowest BCUT2D eigenvalue weighted by Gasteiger charge is -2.32. The highest BCUT2D eigenvalue weighted by Gasteiger charge is 2.33. The molecule has 0 aliphatic heterocycles. The van der Waals surface area contributed by atoms with E-state index in [1.807, 2.05) is 6.92 Å². The second-order valence-corrected chi connectivity index (χ2v) is 7.27. The standard InChI is InChI=1S/C14H23NO4S/c1-6-19-13-8-7-12(9-11(13)2)20(17,18)15(5)14(3,4)10-16/h7-9,16H,6,10H2,1-5H3. The van der Waals surface area contributed by atoms with Gasteiger partial charge in [-0.2, -0.15) is 4.31 Å². The fourth-order valence-corrected chi connectivity index (χ4v) is 3.27. The zero-order valence-corrected chi connectivity index (χ0v) is 13.5. The molecule has 0 atom stereocenters. The number of aryl methyl sites for hydroxylation is 1. The summed E-state index contributed by atoms with van der Waals surface area (Å²) >= 11 is 0. The van der Waals surface area contributed by atoms with Gasteiger partial charge in [-0.1, -0.05) is 0 Å². The van der Waals surface area contributed by atoms with Crippen LogP contribution in [0, 0.1) is 6.92 Å². The number of nitrogens with zero attached hydrogens (tertiary/aromatic N) is 1. The van der Waals surface area contributed by atoms with Crippen molar-refractivity contribution in [3.05, 3.63) is 23.8 Å². The molecule has 1 aromatic rings. The first-order chi connectivity index (χ1) is 9.16. The highest BCUT2D eigenvalue weighted by Crippen LogP contribution is 2.26. The molecule has 6 heteroatoms. The Hall–Kier alpha value is -1.11. The first-order valence-corrected chi connectivity index (χ1v) is 7.94. The number of likely N-dealkylation sites (N-methyl/N-ethyl adjacent to an activating group) is 1. The highest BCUT2D eigenvalue weighted by molar-refractivity contribution is 7.89. The quantitative estimate of drug-likeness (QED) is 0.870. The third-order valence-electron chi connectivity index (χ3n) is 3.34. The summed E-state index contributed by atoms with van der Waals surface area (Å²) in [7, 11) is -2.18. The van der Waals surface area contributed by atoms with E-state index in [2.05, 4.69) is 0 Å². The Kier molecular flexibility index (Phi) is 5.18. The van der Waals surface area contributed by atoms with Gasteiger partial charge in [0.05, 0.1) is 23.6 Å². The van der Waals surface area contributed by atoms with Gasteiger partial charge in [-0.3, -0.25) is 0 Å². The number of aliphatic hydroxyl groups excluding tert-OH is 1. The third-order valence-corrected chi connectivity index (χ3v) is 5.41. The fraction of sp³-hybridized carbons (Fsp3) is 0.571. The Balaban J connectivity index is 3.20. The van der Waals surface area contributed by atoms with Crippen LogP contribution in [-0.2, 0) is 10.0 Å². The van der Waals surface area contributed by atoms with E-state index in [4.69, 9.17) is 4.74 Å². The first kappa shape index (κ1) is 16.9. The molecule has 114 valence electrons. The molecule has 0 fully saturated rings. The number of ether oxygens (including phenoxy) is 1. The number of aliphatic hydroxyl groups is 1. The summed E-state index contributed by atoms with van der Waals surface area (Å²) in [6.07, 6.45) is 0. The lowest BCUT2D eigenvalue weighted by molar-refractivity contribution is 0.138. The van der Waals surface area contributed by atoms with E-state index >= 15 is 0 Å². The van der Waals surface area contributed by atoms with Crippen molar-refractivity contribution in [2.75, 3.05) is 20.3 Å². The monoisotopic (exact) mass is 301 g/mol. The van der Waals surface area contributed by atoms with E-state index in [9.17, 15) is 13.5 Å². The lowest BCUT2D eigenvalue weighted by Crippen LogP contribution is -2.47. The van der Waals surface area contributed by atoms with E-state index < -0.39 is 15.6 Å². The average Bonchev–Trinajstić information content (AvgIpc) is 2.40. The smallest absolute Gasteiger partial charge is 0.243 e. The minimum absolute atomic E-state index is 0.197. The van der Waals surface area contributed by atoms with Gasteiger partial charge >= 0.3 is 0 Å². The second kappa shape index (κ2) is 6.11. The molecule has 0 spiro atoms. The topological polar surface area (TPSA) is 66.8 Å². The van der Waals surface area contributed by atoms with E-state index in [0.29, 0.717) is 12.4 Å². The SMILES string of the molecule is CCOc1ccc(S(=O)(=O)N(C)C(C)(C)CO)cc1C. The summed E-state index contributed by atoms with van der Waals surface area (Å²) in [5.41, 5.74) is -0.0890. The zero-order valence-electron chi connectivity index (χ0n) is 12.7. The van der Waals surface area contributed by atoms with Gasteiger partial charge in [0, 0.05) is 7.05 Å². The summed E-state index contributed by atoms with van der Waals surface area (Å²) in [4.78, 5) is 0.197. The molecular weight excluding hydrogens is 278 g/mol. The molecule has 0 aliphatic carbocycles. The highest BCUT2D eigenvalue weighted by atomic mass is 32.2. The summed E-state index contributed by atoms with van der Waals surface area (Å²) in [5, 5.41) is 9.32. The van der Waals surface area contributed by atoms with Gasteiger partial charge in [-0.15, -0.1) is 0 Å². The van der Waals surface area contributed by atoms with Gasteiger partial charge in [0.25, 0.3) is 0 Å². The second-order valence-electron chi connectivity index (χ2n) is 5.30. The maximum Gasteiger partial charge on any atom is 0.243 e. The van der Waals surface area contributed by atoms with Gasteiger partial charge in [0.15, 0.2) is 0 Å². The van der Waals surface area contributed by atoms with Crippen molar-refractivity contribution < 1.29 is 18.3 Å². The summed E-state index contributed by atoms with van der Waals surface area (Å²) in [5.74, 6) is 0.676. The van der Waals surface area contributed by atoms with Crippen LogP contribution in [0.5, 0.6) is 5.75 Å². The van der Waals surface area contributed by atoms with E-state index in [1.165, 1.54) is 17.4 Å². The van der Waals surface area contributed by atoms with Crippen molar-refractivity contribution in [1.29, 1.82) is 0 Å². The van der Waals surface area contributed by atoms with Crippen molar-refractivity contribution in [1.82, 2.24) is 4.31 Å². The Labute approximate surface area is 121 Å². The lowest BCUT2D eigenvalue weighted by atomic mass is 10.1. The number of sulfonamides is 1. The molecular formula is C14H23NO4S. The predicted molar refractivity (Wildman–Crippen MR) is 78.5 cm³/mol. The molecule has 0 bridgehead atoms. The van der Waals surface area contributed by atoms with Crippen LogP contribution in [0.4, 0.5) is 0 Å². The molecule has 1 N–H and O–H groups in total. The zero-order chi connectivity index (χ0) is 15.6. The molecule has 0 amide bonds. The van der Waals surface area contributed by atoms with Gasteiger partial charge in [-0.05, 0) is 51.5 Å². The molecule has 20 heavy (non-hydrogen) atoms. The Bertz CT molecular complexity index is 567. The summed E-state index contributed by atoms with van der Waals surface area (Å²) in [6.45, 7) is 7.31. The predicted octanol–water partition coefficient (Wildman–Crippen LogP) is 1.79. The Morgan fingerprint density at radius 3 is 2.40 bits per heavy atom. The molecule has 1 aromatic carbocycles. The first-order valence-electron chi connectivity index (χ1n) is 6.50. The van der Waals surface area contributed by atoms with Crippen LogP contribution in [0.1, 0.15) is 26.3 Å². The number of rotatable bonds is 6. The molecule has 0 radical (unpaired) electrons. The summed E-state index contributed by atoms with van der Waals surface area (Å²) < 4.78 is 31.7. The molecule has 0 aliphatic rings. The van der Waals surface area contributed by atoms with Gasteiger partial charge in [0.2, 0.25) is 10.0 Å². The maximum absolute atomic E-state index is 12.5. The van der Waals surface area contributed by atoms with E-state index in [1.54, 1.807) is 32.9 Å². The van der Waals surface area contributed by atoms with Gasteiger partial charge in [-0.25, -0.2) is 8.42 Å². The largest absolute Gasteiger partial charge is 0.494 e. The molecule has 0 heterocycles. The fourth-order valence-electron chi connectivity index (χ4n) is 1.68. The van der Waals surface area contributed by atoms with Gasteiger partial charge < -0.3 is 9.84 Å². The Morgan fingerprint density at radius 2 is 1.95 bits per heavy atom. The van der Waals surface area contributed by atoms with Crippen LogP contribution in [0.25, 0.3) is 0 Å². The van der Waals surface area contributed by atoms with Crippen molar-refractivity contribution in [2.45, 2.75) is 38.1 Å². The molecule has 0 aromatic heterocycles. The van der Waals surface area contributed by atoms with Crippen molar-refractivity contribution in [3.8, 4) is 5.75 Å².